The molecule has 0 N–H and O–H groups in total. The predicted octanol–water partition coefficient (Wildman–Crippen LogP) is 22.9. The molecule has 0 aliphatic heterocycles. The van der Waals surface area contributed by atoms with Crippen LogP contribution in [-0.2, 0) is 21.7 Å². The SMILES string of the molecule is CC1(C)c2ccccc2-c2ccc(-c3ccc(N(c4ccc(-c5ccc(N(c6ccc(-c7ccc8c(c7)C(C)(C)c7ccccc7-8)cc6)c6ccc7c(c6)C(C)(C)c6ccccc6-7)cc5)cc4)c4ccc5c(c4)C(C)(C)c4ccccc4-5)cc3)cc21. The van der Waals surface area contributed by atoms with E-state index in [-0.39, 0.29) is 21.7 Å². The third kappa shape index (κ3) is 7.78. The molecule has 0 bridgehead atoms. The highest BCUT2D eigenvalue weighted by Crippen LogP contribution is 2.55. The molecule has 0 heterocycles. The molecule has 0 atom stereocenters. The first-order valence-corrected chi connectivity index (χ1v) is 30.6. The fourth-order valence-corrected chi connectivity index (χ4v) is 15.5. The van der Waals surface area contributed by atoms with E-state index < -0.39 is 0 Å². The van der Waals surface area contributed by atoms with Crippen LogP contribution in [0.1, 0.15) is 99.9 Å². The Hall–Kier alpha value is -9.76. The van der Waals surface area contributed by atoms with Crippen molar-refractivity contribution in [2.24, 2.45) is 0 Å². The largest absolute Gasteiger partial charge is 0.310 e. The number of hydrogen-bond donors (Lipinski definition) is 0. The molecule has 86 heavy (non-hydrogen) atoms. The number of benzene rings is 12. The van der Waals surface area contributed by atoms with Crippen molar-refractivity contribution >= 4 is 34.1 Å². The van der Waals surface area contributed by atoms with Crippen LogP contribution in [0.5, 0.6) is 0 Å². The van der Waals surface area contributed by atoms with Gasteiger partial charge in [0.1, 0.15) is 0 Å². The Balaban J connectivity index is 0.742. The quantitative estimate of drug-likeness (QED) is 0.142. The van der Waals surface area contributed by atoms with E-state index in [1.54, 1.807) is 0 Å². The minimum atomic E-state index is -0.134. The Morgan fingerprint density at radius 1 is 0.174 bits per heavy atom. The molecule has 2 heteroatoms. The van der Waals surface area contributed by atoms with Gasteiger partial charge in [-0.2, -0.15) is 0 Å². The monoisotopic (exact) mass is 1100 g/mol. The fourth-order valence-electron chi connectivity index (χ4n) is 15.5. The summed E-state index contributed by atoms with van der Waals surface area (Å²) >= 11 is 0. The van der Waals surface area contributed by atoms with Crippen molar-refractivity contribution in [1.29, 1.82) is 0 Å². The topological polar surface area (TPSA) is 6.48 Å². The van der Waals surface area contributed by atoms with Gasteiger partial charge in [-0.25, -0.2) is 0 Å². The number of nitrogens with zero attached hydrogens (tertiary/aromatic N) is 2. The lowest BCUT2D eigenvalue weighted by Crippen LogP contribution is -2.16. The summed E-state index contributed by atoms with van der Waals surface area (Å²) in [5.74, 6) is 0. The van der Waals surface area contributed by atoms with E-state index in [0.717, 1.165) is 45.3 Å². The van der Waals surface area contributed by atoms with Crippen LogP contribution >= 0.6 is 0 Å². The first-order chi connectivity index (χ1) is 41.6. The molecule has 12 aromatic carbocycles. The van der Waals surface area contributed by atoms with Gasteiger partial charge in [-0.1, -0.05) is 237 Å². The van der Waals surface area contributed by atoms with Gasteiger partial charge in [-0.15, -0.1) is 0 Å². The molecule has 4 aliphatic carbocycles. The fraction of sp³-hybridized carbons (Fsp3) is 0.143. The molecule has 12 aromatic rings. The molecule has 2 nitrogen and oxygen atoms in total. The minimum absolute atomic E-state index is 0.0632. The highest BCUT2D eigenvalue weighted by molar-refractivity contribution is 5.91. The average molecular weight is 1110 g/mol. The summed E-state index contributed by atoms with van der Waals surface area (Å²) in [6.45, 7) is 18.9. The van der Waals surface area contributed by atoms with Crippen LogP contribution in [0, 0.1) is 0 Å². The number of anilines is 6. The van der Waals surface area contributed by atoms with Crippen molar-refractivity contribution in [2.45, 2.75) is 77.0 Å². The Kier molecular flexibility index (Phi) is 11.4. The number of rotatable bonds is 9. The highest BCUT2D eigenvalue weighted by atomic mass is 15.1. The molecule has 0 aromatic heterocycles. The second-order valence-corrected chi connectivity index (χ2v) is 26.5. The van der Waals surface area contributed by atoms with Gasteiger partial charge in [0.2, 0.25) is 0 Å². The van der Waals surface area contributed by atoms with Crippen LogP contribution in [0.3, 0.4) is 0 Å². The van der Waals surface area contributed by atoms with E-state index in [4.69, 9.17) is 0 Å². The molecule has 4 aliphatic rings. The number of fused-ring (bicyclic) bond motifs is 12. The van der Waals surface area contributed by atoms with Crippen LogP contribution in [0.4, 0.5) is 34.1 Å². The van der Waals surface area contributed by atoms with Crippen LogP contribution in [0.25, 0.3) is 77.9 Å². The summed E-state index contributed by atoms with van der Waals surface area (Å²) in [6, 6.07) is 101. The standard InChI is InChI=1S/C84H68N2/c1-81(2)73-21-13-9-17-65(73)69-45-33-57(49-77(69)81)55-29-39-61(40-30-55)85(63-43-47-71-67-19-11-15-23-75(67)83(5,6)79(71)51-63)59-35-25-53(26-36-59)54-27-37-60(38-28-54)86(64-44-48-72-68-20-12-16-24-76(68)84(7,8)80(72)52-64)62-41-31-56(32-42-62)58-34-46-70-66-18-10-14-22-74(66)82(3,4)78(70)50-58/h9-52H,1-8H3. The zero-order valence-corrected chi connectivity index (χ0v) is 50.3. The van der Waals surface area contributed by atoms with Crippen molar-refractivity contribution < 1.29 is 0 Å². The van der Waals surface area contributed by atoms with E-state index >= 15 is 0 Å². The van der Waals surface area contributed by atoms with E-state index in [1.807, 2.05) is 0 Å². The van der Waals surface area contributed by atoms with Crippen LogP contribution in [-0.4, -0.2) is 0 Å². The van der Waals surface area contributed by atoms with Crippen LogP contribution in [0.15, 0.2) is 267 Å². The lowest BCUT2D eigenvalue weighted by Gasteiger charge is -2.29. The Bertz CT molecular complexity index is 4420. The molecular formula is C84H68N2. The maximum absolute atomic E-state index is 2.43. The van der Waals surface area contributed by atoms with Crippen molar-refractivity contribution in [1.82, 2.24) is 0 Å². The molecule has 414 valence electrons. The van der Waals surface area contributed by atoms with Crippen LogP contribution in [0.2, 0.25) is 0 Å². The Labute approximate surface area is 507 Å². The molecule has 0 unspecified atom stereocenters. The molecule has 0 fully saturated rings. The van der Waals surface area contributed by atoms with E-state index in [2.05, 4.69) is 332 Å². The van der Waals surface area contributed by atoms with E-state index in [1.165, 1.54) is 111 Å². The highest BCUT2D eigenvalue weighted by Gasteiger charge is 2.39. The molecule has 0 radical (unpaired) electrons. The smallest absolute Gasteiger partial charge is 0.0465 e. The van der Waals surface area contributed by atoms with Gasteiger partial charge in [0, 0.05) is 55.8 Å². The van der Waals surface area contributed by atoms with Gasteiger partial charge in [0.05, 0.1) is 0 Å². The van der Waals surface area contributed by atoms with E-state index in [9.17, 15) is 0 Å². The molecule has 16 rings (SSSR count). The van der Waals surface area contributed by atoms with Gasteiger partial charge in [-0.3, -0.25) is 0 Å². The van der Waals surface area contributed by atoms with Crippen molar-refractivity contribution in [3.05, 3.63) is 311 Å². The summed E-state index contributed by atoms with van der Waals surface area (Å²) in [7, 11) is 0. The molecule has 0 saturated heterocycles. The van der Waals surface area contributed by atoms with Crippen LogP contribution < -0.4 is 9.80 Å². The lowest BCUT2D eigenvalue weighted by molar-refractivity contribution is 0.660. The third-order valence-electron chi connectivity index (χ3n) is 20.3. The summed E-state index contributed by atoms with van der Waals surface area (Å²) < 4.78 is 0. The minimum Gasteiger partial charge on any atom is -0.310 e. The third-order valence-corrected chi connectivity index (χ3v) is 20.3. The summed E-state index contributed by atoms with van der Waals surface area (Å²) in [4.78, 5) is 4.87. The average Bonchev–Trinajstić information content (AvgIpc) is 2.68. The van der Waals surface area contributed by atoms with Gasteiger partial charge in [0.15, 0.2) is 0 Å². The summed E-state index contributed by atoms with van der Waals surface area (Å²) in [5, 5.41) is 0. The van der Waals surface area contributed by atoms with Gasteiger partial charge >= 0.3 is 0 Å². The molecular weight excluding hydrogens is 1040 g/mol. The normalized spacial score (nSPS) is 15.1. The second kappa shape index (κ2) is 18.9. The van der Waals surface area contributed by atoms with Gasteiger partial charge in [-0.05, 0) is 207 Å². The maximum atomic E-state index is 2.43. The van der Waals surface area contributed by atoms with Crippen molar-refractivity contribution in [2.75, 3.05) is 9.80 Å². The molecule has 0 saturated carbocycles. The first kappa shape index (κ1) is 51.8. The predicted molar refractivity (Wildman–Crippen MR) is 362 cm³/mol. The van der Waals surface area contributed by atoms with Crippen molar-refractivity contribution in [3.63, 3.8) is 0 Å². The second-order valence-electron chi connectivity index (χ2n) is 26.5. The zero-order chi connectivity index (χ0) is 58.4. The summed E-state index contributed by atoms with van der Waals surface area (Å²) in [5.41, 5.74) is 35.2. The Morgan fingerprint density at radius 3 is 0.651 bits per heavy atom. The molecule has 0 amide bonds. The van der Waals surface area contributed by atoms with E-state index in [0.29, 0.717) is 0 Å². The van der Waals surface area contributed by atoms with Gasteiger partial charge < -0.3 is 9.80 Å². The lowest BCUT2D eigenvalue weighted by atomic mass is 9.81. The van der Waals surface area contributed by atoms with Crippen molar-refractivity contribution in [3.8, 4) is 77.9 Å². The maximum Gasteiger partial charge on any atom is 0.0465 e. The molecule has 0 spiro atoms. The van der Waals surface area contributed by atoms with Gasteiger partial charge in [0.25, 0.3) is 0 Å². The first-order valence-electron chi connectivity index (χ1n) is 30.6. The Morgan fingerprint density at radius 2 is 0.372 bits per heavy atom. The zero-order valence-electron chi connectivity index (χ0n) is 50.3. The summed E-state index contributed by atoms with van der Waals surface area (Å²) in [6.07, 6.45) is 0. The number of hydrogen-bond acceptors (Lipinski definition) is 2.